The van der Waals surface area contributed by atoms with Gasteiger partial charge in [0, 0.05) is 29.0 Å². The number of halogens is 1. The molecule has 0 radical (unpaired) electrons. The minimum Gasteiger partial charge on any atom is -0.496 e. The molecule has 0 saturated heterocycles. The Balaban J connectivity index is 2.40. The van der Waals surface area contributed by atoms with Gasteiger partial charge in [-0.05, 0) is 27.6 Å². The van der Waals surface area contributed by atoms with Gasteiger partial charge in [0.15, 0.2) is 0 Å². The zero-order chi connectivity index (χ0) is 18.7. The molecular formula is C20H16BrN3O2. The molecule has 130 valence electrons. The van der Waals surface area contributed by atoms with Crippen molar-refractivity contribution >= 4 is 21.7 Å². The van der Waals surface area contributed by atoms with Crippen LogP contribution in [-0.4, -0.2) is 19.2 Å². The van der Waals surface area contributed by atoms with Crippen LogP contribution in [0.3, 0.4) is 0 Å². The van der Waals surface area contributed by atoms with Crippen LogP contribution in [0.15, 0.2) is 53.1 Å². The van der Waals surface area contributed by atoms with Gasteiger partial charge in [-0.25, -0.2) is 4.98 Å². The number of nitrogens with zero attached hydrogens (tertiary/aromatic N) is 2. The zero-order valence-electron chi connectivity index (χ0n) is 14.3. The van der Waals surface area contributed by atoms with Crippen LogP contribution in [0.4, 0.5) is 5.82 Å². The Hall–Kier alpha value is -3.04. The highest BCUT2D eigenvalue weighted by molar-refractivity contribution is 9.10. The lowest BCUT2D eigenvalue weighted by Crippen LogP contribution is -2.01. The normalized spacial score (nSPS) is 10.2. The molecule has 1 heterocycles. The summed E-state index contributed by atoms with van der Waals surface area (Å²) >= 11 is 3.50. The van der Waals surface area contributed by atoms with E-state index in [0.29, 0.717) is 22.6 Å². The highest BCUT2D eigenvalue weighted by atomic mass is 79.9. The highest BCUT2D eigenvalue weighted by Crippen LogP contribution is 2.44. The van der Waals surface area contributed by atoms with Gasteiger partial charge in [-0.15, -0.1) is 0 Å². The molecule has 3 aromatic rings. The molecule has 0 atom stereocenters. The maximum atomic E-state index is 9.72. The van der Waals surface area contributed by atoms with Gasteiger partial charge in [-0.1, -0.05) is 30.3 Å². The molecule has 3 rings (SSSR count). The van der Waals surface area contributed by atoms with Crippen LogP contribution in [-0.2, 0) is 0 Å². The molecule has 1 aromatic heterocycles. The van der Waals surface area contributed by atoms with Crippen molar-refractivity contribution in [2.24, 2.45) is 0 Å². The van der Waals surface area contributed by atoms with Crippen LogP contribution in [0.1, 0.15) is 5.56 Å². The summed E-state index contributed by atoms with van der Waals surface area (Å²) in [6, 6.07) is 15.5. The van der Waals surface area contributed by atoms with E-state index in [2.05, 4.69) is 27.0 Å². The van der Waals surface area contributed by atoms with Crippen molar-refractivity contribution in [2.45, 2.75) is 0 Å². The van der Waals surface area contributed by atoms with Crippen molar-refractivity contribution in [3.63, 3.8) is 0 Å². The molecule has 0 spiro atoms. The number of rotatable bonds is 4. The van der Waals surface area contributed by atoms with Gasteiger partial charge in [-0.3, -0.25) is 0 Å². The molecule has 0 aliphatic rings. The van der Waals surface area contributed by atoms with Crippen LogP contribution in [0.2, 0.25) is 0 Å². The predicted molar refractivity (Wildman–Crippen MR) is 105 cm³/mol. The maximum absolute atomic E-state index is 9.72. The Labute approximate surface area is 160 Å². The fourth-order valence-corrected chi connectivity index (χ4v) is 3.32. The summed E-state index contributed by atoms with van der Waals surface area (Å²) in [5, 5.41) is 9.72. The minimum absolute atomic E-state index is 0.177. The lowest BCUT2D eigenvalue weighted by molar-refractivity contribution is 0.393. The summed E-state index contributed by atoms with van der Waals surface area (Å²) in [5.74, 6) is 1.38. The molecule has 2 aromatic carbocycles. The van der Waals surface area contributed by atoms with E-state index in [1.54, 1.807) is 26.5 Å². The van der Waals surface area contributed by atoms with Gasteiger partial charge in [0.1, 0.15) is 28.9 Å². The molecule has 0 fully saturated rings. The number of pyridine rings is 1. The smallest absolute Gasteiger partial charge is 0.141 e. The van der Waals surface area contributed by atoms with Crippen molar-refractivity contribution in [2.75, 3.05) is 20.0 Å². The van der Waals surface area contributed by atoms with Crippen molar-refractivity contribution < 1.29 is 9.47 Å². The maximum Gasteiger partial charge on any atom is 0.141 e. The highest BCUT2D eigenvalue weighted by Gasteiger charge is 2.21. The van der Waals surface area contributed by atoms with Gasteiger partial charge in [-0.2, -0.15) is 5.26 Å². The van der Waals surface area contributed by atoms with Gasteiger partial charge in [0.25, 0.3) is 0 Å². The summed E-state index contributed by atoms with van der Waals surface area (Å²) in [5.41, 5.74) is 9.43. The number of nitrogens with two attached hydrogens (primary N) is 1. The number of benzene rings is 2. The topological polar surface area (TPSA) is 81.2 Å². The molecule has 0 aliphatic carbocycles. The number of aromatic nitrogens is 1. The molecule has 26 heavy (non-hydrogen) atoms. The molecule has 0 saturated carbocycles. The molecule has 6 heteroatoms. The van der Waals surface area contributed by atoms with Crippen LogP contribution >= 0.6 is 15.9 Å². The second-order valence-electron chi connectivity index (χ2n) is 5.47. The molecule has 0 aliphatic heterocycles. The number of hydrogen-bond donors (Lipinski definition) is 1. The van der Waals surface area contributed by atoms with E-state index in [9.17, 15) is 5.26 Å². The second-order valence-corrected chi connectivity index (χ2v) is 6.33. The van der Waals surface area contributed by atoms with E-state index in [1.807, 2.05) is 36.4 Å². The van der Waals surface area contributed by atoms with Crippen LogP contribution in [0.25, 0.3) is 22.3 Å². The first-order chi connectivity index (χ1) is 12.6. The van der Waals surface area contributed by atoms with Gasteiger partial charge in [0.2, 0.25) is 0 Å². The lowest BCUT2D eigenvalue weighted by atomic mass is 9.92. The third kappa shape index (κ3) is 3.09. The Morgan fingerprint density at radius 2 is 1.73 bits per heavy atom. The van der Waals surface area contributed by atoms with Crippen LogP contribution in [0, 0.1) is 11.3 Å². The monoisotopic (exact) mass is 409 g/mol. The number of ether oxygens (including phenoxy) is 2. The number of hydrogen-bond acceptors (Lipinski definition) is 5. The van der Waals surface area contributed by atoms with E-state index in [4.69, 9.17) is 15.2 Å². The molecule has 2 N–H and O–H groups in total. The summed E-state index contributed by atoms with van der Waals surface area (Å²) in [6.07, 6.45) is 1.68. The van der Waals surface area contributed by atoms with Crippen molar-refractivity contribution in [1.82, 2.24) is 4.98 Å². The minimum atomic E-state index is 0.177. The van der Waals surface area contributed by atoms with Crippen LogP contribution < -0.4 is 15.2 Å². The summed E-state index contributed by atoms with van der Waals surface area (Å²) < 4.78 is 11.6. The number of nitrogen functional groups attached to an aromatic ring is 1. The summed E-state index contributed by atoms with van der Waals surface area (Å²) in [6.45, 7) is 0. The van der Waals surface area contributed by atoms with E-state index in [-0.39, 0.29) is 5.82 Å². The van der Waals surface area contributed by atoms with E-state index in [0.717, 1.165) is 21.2 Å². The number of methoxy groups -OCH3 is 2. The van der Waals surface area contributed by atoms with Crippen molar-refractivity contribution in [3.8, 4) is 39.8 Å². The SMILES string of the molecule is COc1cc(OC)c(-c2c(-c3ccccc3)cnc(N)c2C#N)cc1Br. The molecule has 0 bridgehead atoms. The fraction of sp³-hybridized carbons (Fsp3) is 0.100. The van der Waals surface area contributed by atoms with Crippen molar-refractivity contribution in [3.05, 3.63) is 58.7 Å². The Morgan fingerprint density at radius 3 is 2.35 bits per heavy atom. The Bertz CT molecular complexity index is 998. The third-order valence-electron chi connectivity index (χ3n) is 4.05. The average Bonchev–Trinajstić information content (AvgIpc) is 2.68. The first-order valence-corrected chi connectivity index (χ1v) is 8.55. The third-order valence-corrected chi connectivity index (χ3v) is 4.67. The quantitative estimate of drug-likeness (QED) is 0.677. The Kier molecular flexibility index (Phi) is 5.10. The van der Waals surface area contributed by atoms with Gasteiger partial charge in [0.05, 0.1) is 18.7 Å². The number of anilines is 1. The Morgan fingerprint density at radius 1 is 1.04 bits per heavy atom. The average molecular weight is 410 g/mol. The lowest BCUT2D eigenvalue weighted by Gasteiger charge is -2.17. The van der Waals surface area contributed by atoms with Crippen LogP contribution in [0.5, 0.6) is 11.5 Å². The molecule has 5 nitrogen and oxygen atoms in total. The standard InChI is InChI=1S/C20H16BrN3O2/c1-25-17-9-18(26-2)16(21)8-13(17)19-14(10-22)20(23)24-11-15(19)12-6-4-3-5-7-12/h3-9,11H,1-2H3,(H2,23,24). The van der Waals surface area contributed by atoms with Gasteiger partial charge >= 0.3 is 0 Å². The molecule has 0 amide bonds. The summed E-state index contributed by atoms with van der Waals surface area (Å²) in [4.78, 5) is 4.20. The first-order valence-electron chi connectivity index (χ1n) is 7.76. The molecule has 0 unspecified atom stereocenters. The van der Waals surface area contributed by atoms with Gasteiger partial charge < -0.3 is 15.2 Å². The van der Waals surface area contributed by atoms with E-state index in [1.165, 1.54) is 0 Å². The van der Waals surface area contributed by atoms with E-state index >= 15 is 0 Å². The fourth-order valence-electron chi connectivity index (χ4n) is 2.81. The van der Waals surface area contributed by atoms with E-state index < -0.39 is 0 Å². The number of nitriles is 1. The summed E-state index contributed by atoms with van der Waals surface area (Å²) in [7, 11) is 3.16. The second kappa shape index (κ2) is 7.46. The van der Waals surface area contributed by atoms with Crippen molar-refractivity contribution in [1.29, 1.82) is 5.26 Å². The predicted octanol–water partition coefficient (Wildman–Crippen LogP) is 4.65. The first kappa shape index (κ1) is 17.8. The largest absolute Gasteiger partial charge is 0.496 e. The molecular weight excluding hydrogens is 394 g/mol. The zero-order valence-corrected chi connectivity index (χ0v) is 15.9.